The first kappa shape index (κ1) is 20.3. The Labute approximate surface area is 159 Å². The average Bonchev–Trinajstić information content (AvgIpc) is 2.58. The Hall–Kier alpha value is -2.02. The van der Waals surface area contributed by atoms with E-state index in [9.17, 15) is 9.59 Å². The minimum absolute atomic E-state index is 0.0458. The monoisotopic (exact) mass is 383 g/mol. The maximum Gasteiger partial charge on any atom is 0.410 e. The Kier molecular flexibility index (Phi) is 6.34. The number of methoxy groups -OCH3 is 1. The van der Waals surface area contributed by atoms with Crippen LogP contribution in [-0.4, -0.2) is 65.7 Å². The van der Waals surface area contributed by atoms with Crippen LogP contribution in [0.25, 0.3) is 0 Å². The van der Waals surface area contributed by atoms with Crippen molar-refractivity contribution in [3.8, 4) is 5.88 Å². The molecule has 7 nitrogen and oxygen atoms in total. The normalized spacial score (nSPS) is 15.5. The van der Waals surface area contributed by atoms with Gasteiger partial charge < -0.3 is 19.3 Å². The molecule has 26 heavy (non-hydrogen) atoms. The Morgan fingerprint density at radius 1 is 1.27 bits per heavy atom. The molecule has 8 heteroatoms. The topological polar surface area (TPSA) is 72.0 Å². The maximum atomic E-state index is 12.7. The summed E-state index contributed by atoms with van der Waals surface area (Å²) in [7, 11) is 3.22. The number of hydrogen-bond acceptors (Lipinski definition) is 5. The van der Waals surface area contributed by atoms with Crippen LogP contribution >= 0.6 is 11.6 Å². The molecule has 1 aliphatic heterocycles. The Morgan fingerprint density at radius 2 is 1.88 bits per heavy atom. The number of aromatic nitrogens is 1. The summed E-state index contributed by atoms with van der Waals surface area (Å²) in [6, 6.07) is 3.16. The van der Waals surface area contributed by atoms with Crippen molar-refractivity contribution >= 4 is 23.6 Å². The summed E-state index contributed by atoms with van der Waals surface area (Å²) < 4.78 is 10.5. The van der Waals surface area contributed by atoms with Gasteiger partial charge in [-0.2, -0.15) is 0 Å². The van der Waals surface area contributed by atoms with Crippen molar-refractivity contribution in [2.75, 3.05) is 27.2 Å². The van der Waals surface area contributed by atoms with Gasteiger partial charge >= 0.3 is 6.09 Å². The molecule has 1 aromatic heterocycles. The van der Waals surface area contributed by atoms with E-state index in [-0.39, 0.29) is 23.2 Å². The van der Waals surface area contributed by atoms with Crippen LogP contribution in [0.4, 0.5) is 4.79 Å². The van der Waals surface area contributed by atoms with E-state index in [0.29, 0.717) is 37.4 Å². The molecule has 0 atom stereocenters. The zero-order valence-electron chi connectivity index (χ0n) is 15.9. The zero-order valence-corrected chi connectivity index (χ0v) is 16.7. The van der Waals surface area contributed by atoms with E-state index in [0.717, 1.165) is 0 Å². The first-order chi connectivity index (χ1) is 12.1. The molecular formula is C18H26ClN3O4. The van der Waals surface area contributed by atoms with E-state index in [1.807, 2.05) is 20.8 Å². The summed E-state index contributed by atoms with van der Waals surface area (Å²) in [5.74, 6) is 0.186. The van der Waals surface area contributed by atoms with Crippen molar-refractivity contribution in [3.63, 3.8) is 0 Å². The first-order valence-electron chi connectivity index (χ1n) is 8.57. The van der Waals surface area contributed by atoms with Crippen LogP contribution in [0.1, 0.15) is 44.0 Å². The SMILES string of the molecule is COc1cc(C(=O)N2CCC(N(C)C(=O)OC(C)(C)C)CC2)cc(Cl)n1. The molecule has 0 aromatic carbocycles. The van der Waals surface area contributed by atoms with E-state index >= 15 is 0 Å². The quantitative estimate of drug-likeness (QED) is 0.749. The fraction of sp³-hybridized carbons (Fsp3) is 0.611. The van der Waals surface area contributed by atoms with Gasteiger partial charge in [-0.25, -0.2) is 9.78 Å². The summed E-state index contributed by atoms with van der Waals surface area (Å²) >= 11 is 5.94. The number of piperidine rings is 1. The molecular weight excluding hydrogens is 358 g/mol. The van der Waals surface area contributed by atoms with Crippen molar-refractivity contribution in [2.45, 2.75) is 45.3 Å². The van der Waals surface area contributed by atoms with E-state index < -0.39 is 5.60 Å². The van der Waals surface area contributed by atoms with Crippen molar-refractivity contribution in [2.24, 2.45) is 0 Å². The standard InChI is InChI=1S/C18H26ClN3O4/c1-18(2,3)26-17(24)21(4)13-6-8-22(9-7-13)16(23)12-10-14(19)20-15(11-12)25-5/h10-11,13H,6-9H2,1-5H3. The van der Waals surface area contributed by atoms with Crippen LogP contribution in [0.3, 0.4) is 0 Å². The summed E-state index contributed by atoms with van der Waals surface area (Å²) in [4.78, 5) is 32.2. The van der Waals surface area contributed by atoms with Crippen LogP contribution in [-0.2, 0) is 4.74 Å². The predicted octanol–water partition coefficient (Wildman–Crippen LogP) is 3.22. The Morgan fingerprint density at radius 3 is 2.42 bits per heavy atom. The van der Waals surface area contributed by atoms with Crippen molar-refractivity contribution in [1.82, 2.24) is 14.8 Å². The smallest absolute Gasteiger partial charge is 0.410 e. The number of carbonyl (C=O) groups is 2. The van der Waals surface area contributed by atoms with Gasteiger partial charge in [0.15, 0.2) is 0 Å². The summed E-state index contributed by atoms with van der Waals surface area (Å²) in [5, 5.41) is 0.215. The minimum Gasteiger partial charge on any atom is -0.481 e. The fourth-order valence-electron chi connectivity index (χ4n) is 2.82. The second-order valence-corrected chi connectivity index (χ2v) is 7.72. The molecule has 2 rings (SSSR count). The van der Waals surface area contributed by atoms with Crippen LogP contribution in [0.2, 0.25) is 5.15 Å². The lowest BCUT2D eigenvalue weighted by Gasteiger charge is -2.37. The third kappa shape index (κ3) is 5.24. The van der Waals surface area contributed by atoms with E-state index in [1.54, 1.807) is 22.9 Å². The van der Waals surface area contributed by atoms with Gasteiger partial charge in [0.25, 0.3) is 5.91 Å². The second kappa shape index (κ2) is 8.12. The number of hydrogen-bond donors (Lipinski definition) is 0. The number of likely N-dealkylation sites (tertiary alicyclic amines) is 1. The number of pyridine rings is 1. The van der Waals surface area contributed by atoms with E-state index in [1.165, 1.54) is 13.2 Å². The Balaban J connectivity index is 1.96. The molecule has 0 radical (unpaired) electrons. The molecule has 0 N–H and O–H groups in total. The number of carbonyl (C=O) groups excluding carboxylic acids is 2. The van der Waals surface area contributed by atoms with Crippen LogP contribution in [0, 0.1) is 0 Å². The molecule has 144 valence electrons. The Bertz CT molecular complexity index is 667. The highest BCUT2D eigenvalue weighted by Gasteiger charge is 2.30. The van der Waals surface area contributed by atoms with Gasteiger partial charge in [0, 0.05) is 37.8 Å². The third-order valence-corrected chi connectivity index (χ3v) is 4.40. The van der Waals surface area contributed by atoms with Gasteiger partial charge in [0.2, 0.25) is 5.88 Å². The number of rotatable bonds is 3. The molecule has 0 unspecified atom stereocenters. The van der Waals surface area contributed by atoms with Gasteiger partial charge in [0.05, 0.1) is 7.11 Å². The highest BCUT2D eigenvalue weighted by atomic mass is 35.5. The predicted molar refractivity (Wildman–Crippen MR) is 98.7 cm³/mol. The third-order valence-electron chi connectivity index (χ3n) is 4.21. The zero-order chi connectivity index (χ0) is 19.5. The van der Waals surface area contributed by atoms with Gasteiger partial charge in [-0.05, 0) is 39.7 Å². The number of nitrogens with zero attached hydrogens (tertiary/aromatic N) is 3. The van der Waals surface area contributed by atoms with Gasteiger partial charge in [-0.1, -0.05) is 11.6 Å². The molecule has 2 amide bonds. The van der Waals surface area contributed by atoms with E-state index in [2.05, 4.69) is 4.98 Å². The van der Waals surface area contributed by atoms with Crippen LogP contribution in [0.5, 0.6) is 5.88 Å². The minimum atomic E-state index is -0.526. The van der Waals surface area contributed by atoms with Crippen LogP contribution < -0.4 is 4.74 Å². The van der Waals surface area contributed by atoms with Crippen molar-refractivity contribution in [1.29, 1.82) is 0 Å². The first-order valence-corrected chi connectivity index (χ1v) is 8.95. The molecule has 2 heterocycles. The largest absolute Gasteiger partial charge is 0.481 e. The van der Waals surface area contributed by atoms with E-state index in [4.69, 9.17) is 21.1 Å². The molecule has 0 aliphatic carbocycles. The molecule has 1 aliphatic rings. The maximum absolute atomic E-state index is 12.7. The highest BCUT2D eigenvalue weighted by molar-refractivity contribution is 6.29. The van der Waals surface area contributed by atoms with Gasteiger partial charge in [-0.3, -0.25) is 4.79 Å². The highest BCUT2D eigenvalue weighted by Crippen LogP contribution is 2.22. The number of halogens is 1. The lowest BCUT2D eigenvalue weighted by molar-refractivity contribution is 0.0156. The van der Waals surface area contributed by atoms with Crippen LogP contribution in [0.15, 0.2) is 12.1 Å². The fourth-order valence-corrected chi connectivity index (χ4v) is 3.02. The second-order valence-electron chi connectivity index (χ2n) is 7.34. The molecule has 1 saturated heterocycles. The molecule has 0 spiro atoms. The number of amides is 2. The lowest BCUT2D eigenvalue weighted by atomic mass is 10.0. The van der Waals surface area contributed by atoms with Gasteiger partial charge in [0.1, 0.15) is 10.8 Å². The molecule has 1 aromatic rings. The summed E-state index contributed by atoms with van der Waals surface area (Å²) in [6.07, 6.45) is 1.04. The van der Waals surface area contributed by atoms with Crippen molar-refractivity contribution < 1.29 is 19.1 Å². The summed E-state index contributed by atoms with van der Waals surface area (Å²) in [6.45, 7) is 6.63. The van der Waals surface area contributed by atoms with Gasteiger partial charge in [-0.15, -0.1) is 0 Å². The lowest BCUT2D eigenvalue weighted by Crippen LogP contribution is -2.48. The van der Waals surface area contributed by atoms with Crippen molar-refractivity contribution in [3.05, 3.63) is 22.8 Å². The molecule has 0 saturated carbocycles. The average molecular weight is 384 g/mol. The molecule has 1 fully saturated rings. The summed E-state index contributed by atoms with van der Waals surface area (Å²) in [5.41, 5.74) is -0.0809. The molecule has 0 bridgehead atoms. The number of ether oxygens (including phenoxy) is 2.